The molecule has 2 aromatic heterocycles. The van der Waals surface area contributed by atoms with Crippen molar-refractivity contribution >= 4 is 27.4 Å². The highest BCUT2D eigenvalue weighted by Gasteiger charge is 2.49. The third-order valence-corrected chi connectivity index (χ3v) is 9.26. The number of rotatable bonds is 6. The van der Waals surface area contributed by atoms with Crippen LogP contribution in [0, 0.1) is 11.8 Å². The van der Waals surface area contributed by atoms with Crippen LogP contribution in [-0.2, 0) is 6.54 Å². The van der Waals surface area contributed by atoms with E-state index in [0.717, 1.165) is 62.5 Å². The molecule has 1 fully saturated rings. The van der Waals surface area contributed by atoms with Crippen LogP contribution in [0.2, 0.25) is 0 Å². The van der Waals surface area contributed by atoms with Gasteiger partial charge in [0.05, 0.1) is 4.70 Å². The van der Waals surface area contributed by atoms with E-state index in [2.05, 4.69) is 58.4 Å². The smallest absolute Gasteiger partial charge is 0.198 e. The Morgan fingerprint density at radius 1 is 0.824 bits per heavy atom. The fourth-order valence-electron chi connectivity index (χ4n) is 6.55. The van der Waals surface area contributed by atoms with Crippen molar-refractivity contribution in [3.8, 4) is 11.8 Å². The molecule has 5 aliphatic rings. The van der Waals surface area contributed by atoms with Gasteiger partial charge in [-0.2, -0.15) is 4.37 Å². The standard InChI is InChI=1S/C27H30N4O2S/c32-26-23-19-9-10-20(18-8-7-17(18)19)24(23)27(33)31(26)12-4-3-11-29-13-15-30(16-14-29)25-21-5-1-2-6-22(21)34-28-25/h1-2,5-10,17-20,32-33H,3-4,11-16H2/t17-,18+,19?,20?. The molecule has 0 radical (unpaired) electrons. The number of nitrogens with zero attached hydrogens (tertiary/aromatic N) is 4. The molecule has 4 aliphatic carbocycles. The number of fused-ring (bicyclic) bond motifs is 1. The van der Waals surface area contributed by atoms with Gasteiger partial charge in [0.1, 0.15) is 5.82 Å². The molecular weight excluding hydrogens is 444 g/mol. The van der Waals surface area contributed by atoms with E-state index < -0.39 is 0 Å². The summed E-state index contributed by atoms with van der Waals surface area (Å²) in [6.07, 6.45) is 11.0. The van der Waals surface area contributed by atoms with Crippen LogP contribution in [0.1, 0.15) is 35.8 Å². The van der Waals surface area contributed by atoms with Crippen molar-refractivity contribution in [3.63, 3.8) is 0 Å². The molecule has 8 rings (SSSR count). The number of piperazine rings is 1. The highest BCUT2D eigenvalue weighted by molar-refractivity contribution is 7.13. The molecule has 1 aromatic carbocycles. The van der Waals surface area contributed by atoms with Crippen LogP contribution in [0.15, 0.2) is 48.6 Å². The monoisotopic (exact) mass is 474 g/mol. The third kappa shape index (κ3) is 2.99. The summed E-state index contributed by atoms with van der Waals surface area (Å²) in [6, 6.07) is 8.49. The lowest BCUT2D eigenvalue weighted by Crippen LogP contribution is -2.46. The van der Waals surface area contributed by atoms with Crippen molar-refractivity contribution < 1.29 is 10.2 Å². The molecular formula is C27H30N4O2S. The van der Waals surface area contributed by atoms with E-state index in [4.69, 9.17) is 4.37 Å². The number of benzene rings is 1. The van der Waals surface area contributed by atoms with Gasteiger partial charge in [-0.05, 0) is 54.9 Å². The quantitative estimate of drug-likeness (QED) is 0.402. The molecule has 2 bridgehead atoms. The van der Waals surface area contributed by atoms with Gasteiger partial charge in [0, 0.05) is 61.1 Å². The first-order valence-electron chi connectivity index (χ1n) is 12.5. The molecule has 0 amide bonds. The Kier molecular flexibility index (Phi) is 4.78. The number of anilines is 1. The summed E-state index contributed by atoms with van der Waals surface area (Å²) in [5, 5.41) is 23.2. The van der Waals surface area contributed by atoms with Crippen LogP contribution in [-0.4, -0.2) is 56.8 Å². The fraction of sp³-hybridized carbons (Fsp3) is 0.444. The van der Waals surface area contributed by atoms with Crippen LogP contribution >= 0.6 is 11.5 Å². The SMILES string of the molecule is Oc1c2c(c(O)n1CCCCN1CCN(c3nsc4ccccc34)CC1)C1C=CC2[C@H]2C=C[C@@H]12. The molecule has 3 aromatic rings. The summed E-state index contributed by atoms with van der Waals surface area (Å²) in [6.45, 7) is 5.82. The minimum Gasteiger partial charge on any atom is -0.494 e. The van der Waals surface area contributed by atoms with E-state index in [1.807, 2.05) is 0 Å². The summed E-state index contributed by atoms with van der Waals surface area (Å²) in [5.41, 5.74) is 1.95. The van der Waals surface area contributed by atoms with Crippen LogP contribution in [0.5, 0.6) is 11.8 Å². The molecule has 0 saturated carbocycles. The predicted octanol–water partition coefficient (Wildman–Crippen LogP) is 4.66. The summed E-state index contributed by atoms with van der Waals surface area (Å²) < 4.78 is 7.73. The van der Waals surface area contributed by atoms with Gasteiger partial charge in [-0.15, -0.1) is 0 Å². The zero-order valence-electron chi connectivity index (χ0n) is 19.2. The Morgan fingerprint density at radius 2 is 1.47 bits per heavy atom. The maximum Gasteiger partial charge on any atom is 0.198 e. The second kappa shape index (κ2) is 7.89. The van der Waals surface area contributed by atoms with Gasteiger partial charge >= 0.3 is 0 Å². The predicted molar refractivity (Wildman–Crippen MR) is 136 cm³/mol. The van der Waals surface area contributed by atoms with Crippen molar-refractivity contribution in [2.75, 3.05) is 37.6 Å². The number of aromatic nitrogens is 2. The van der Waals surface area contributed by atoms with E-state index >= 15 is 0 Å². The number of aromatic hydroxyl groups is 2. The van der Waals surface area contributed by atoms with E-state index in [1.165, 1.54) is 10.1 Å². The van der Waals surface area contributed by atoms with Gasteiger partial charge in [0.15, 0.2) is 11.8 Å². The maximum atomic E-state index is 11.0. The Morgan fingerprint density at radius 3 is 2.15 bits per heavy atom. The van der Waals surface area contributed by atoms with E-state index in [-0.39, 0.29) is 23.6 Å². The van der Waals surface area contributed by atoms with Gasteiger partial charge < -0.3 is 15.1 Å². The zero-order chi connectivity index (χ0) is 22.8. The van der Waals surface area contributed by atoms with Crippen LogP contribution in [0.3, 0.4) is 0 Å². The number of unbranched alkanes of at least 4 members (excludes halogenated alkanes) is 1. The number of hydrogen-bond acceptors (Lipinski definition) is 6. The molecule has 3 heterocycles. The van der Waals surface area contributed by atoms with Crippen LogP contribution < -0.4 is 4.90 Å². The van der Waals surface area contributed by atoms with Crippen molar-refractivity contribution in [1.82, 2.24) is 13.8 Å². The Labute approximate surface area is 203 Å². The normalized spacial score (nSPS) is 27.2. The number of hydrogen-bond donors (Lipinski definition) is 2. The minimum absolute atomic E-state index is 0.216. The van der Waals surface area contributed by atoms with Crippen LogP contribution in [0.25, 0.3) is 10.1 Å². The first-order chi connectivity index (χ1) is 16.7. The topological polar surface area (TPSA) is 64.8 Å². The molecule has 6 nitrogen and oxygen atoms in total. The highest BCUT2D eigenvalue weighted by atomic mass is 32.1. The molecule has 176 valence electrons. The highest BCUT2D eigenvalue weighted by Crippen LogP contribution is 2.61. The Hall–Kier alpha value is -2.77. The van der Waals surface area contributed by atoms with Crippen molar-refractivity contribution in [3.05, 3.63) is 59.7 Å². The fourth-order valence-corrected chi connectivity index (χ4v) is 7.35. The molecule has 1 saturated heterocycles. The lowest BCUT2D eigenvalue weighted by Gasteiger charge is -2.47. The minimum atomic E-state index is 0.216. The van der Waals surface area contributed by atoms with E-state index in [1.54, 1.807) is 16.1 Å². The Balaban J connectivity index is 0.945. The summed E-state index contributed by atoms with van der Waals surface area (Å²) >= 11 is 1.59. The Bertz CT molecular complexity index is 1250. The molecule has 34 heavy (non-hydrogen) atoms. The summed E-state index contributed by atoms with van der Waals surface area (Å²) in [7, 11) is 0. The van der Waals surface area contributed by atoms with E-state index in [0.29, 0.717) is 18.4 Å². The molecule has 0 spiro atoms. The lowest BCUT2D eigenvalue weighted by atomic mass is 9.56. The zero-order valence-corrected chi connectivity index (χ0v) is 20.0. The average molecular weight is 475 g/mol. The van der Waals surface area contributed by atoms with Crippen molar-refractivity contribution in [2.45, 2.75) is 31.2 Å². The third-order valence-electron chi connectivity index (χ3n) is 8.44. The second-order valence-corrected chi connectivity index (χ2v) is 10.9. The van der Waals surface area contributed by atoms with Crippen molar-refractivity contribution in [1.29, 1.82) is 0 Å². The largest absolute Gasteiger partial charge is 0.494 e. The molecule has 4 atom stereocenters. The first-order valence-corrected chi connectivity index (χ1v) is 13.3. The van der Waals surface area contributed by atoms with Gasteiger partial charge in [-0.3, -0.25) is 9.47 Å². The first kappa shape index (κ1) is 20.6. The maximum absolute atomic E-state index is 11.0. The molecule has 7 heteroatoms. The lowest BCUT2D eigenvalue weighted by molar-refractivity contribution is 0.249. The van der Waals surface area contributed by atoms with Crippen LogP contribution in [0.4, 0.5) is 5.82 Å². The van der Waals surface area contributed by atoms with Gasteiger partial charge in [-0.25, -0.2) is 0 Å². The second-order valence-electron chi connectivity index (χ2n) is 10.1. The molecule has 2 unspecified atom stereocenters. The average Bonchev–Trinajstić information content (AvgIpc) is 3.37. The van der Waals surface area contributed by atoms with E-state index in [9.17, 15) is 10.2 Å². The summed E-state index contributed by atoms with van der Waals surface area (Å²) in [5.74, 6) is 3.12. The summed E-state index contributed by atoms with van der Waals surface area (Å²) in [4.78, 5) is 4.94. The van der Waals surface area contributed by atoms with Gasteiger partial charge in [0.2, 0.25) is 0 Å². The van der Waals surface area contributed by atoms with Crippen molar-refractivity contribution in [2.24, 2.45) is 11.8 Å². The van der Waals surface area contributed by atoms with Gasteiger partial charge in [0.25, 0.3) is 0 Å². The molecule has 1 aliphatic heterocycles. The number of allylic oxidation sites excluding steroid dienone is 4. The van der Waals surface area contributed by atoms with Gasteiger partial charge in [-0.1, -0.05) is 36.4 Å². The molecule has 2 N–H and O–H groups in total.